The van der Waals surface area contributed by atoms with Gasteiger partial charge in [-0.25, -0.2) is 0 Å². The van der Waals surface area contributed by atoms with E-state index in [1.54, 1.807) is 0 Å². The standard InChI is InChI=1S/C15H26N2/c1-12-10-14(3)15(11-13(12)2)6-8-17(5)9-7-16-4/h10-11,16H,6-9H2,1-5H3. The van der Waals surface area contributed by atoms with Crippen LogP contribution in [-0.4, -0.2) is 38.6 Å². The fourth-order valence-electron chi connectivity index (χ4n) is 2.02. The van der Waals surface area contributed by atoms with Crippen LogP contribution in [0.4, 0.5) is 0 Å². The molecule has 0 aliphatic heterocycles. The third-order valence-electron chi connectivity index (χ3n) is 3.46. The van der Waals surface area contributed by atoms with Gasteiger partial charge in [0.2, 0.25) is 0 Å². The molecule has 17 heavy (non-hydrogen) atoms. The molecule has 0 saturated carbocycles. The predicted octanol–water partition coefficient (Wildman–Crippen LogP) is 2.31. The fourth-order valence-corrected chi connectivity index (χ4v) is 2.02. The summed E-state index contributed by atoms with van der Waals surface area (Å²) in [6, 6.07) is 4.65. The quantitative estimate of drug-likeness (QED) is 0.812. The molecule has 2 nitrogen and oxygen atoms in total. The van der Waals surface area contributed by atoms with E-state index in [0.717, 1.165) is 26.1 Å². The average Bonchev–Trinajstić information content (AvgIpc) is 2.29. The number of aryl methyl sites for hydroxylation is 3. The van der Waals surface area contributed by atoms with Crippen LogP contribution in [-0.2, 0) is 6.42 Å². The second kappa shape index (κ2) is 6.77. The summed E-state index contributed by atoms with van der Waals surface area (Å²) in [7, 11) is 4.19. The molecule has 0 aliphatic carbocycles. The lowest BCUT2D eigenvalue weighted by atomic mass is 9.99. The fraction of sp³-hybridized carbons (Fsp3) is 0.600. The topological polar surface area (TPSA) is 15.3 Å². The molecule has 0 atom stereocenters. The Morgan fingerprint density at radius 3 is 2.29 bits per heavy atom. The van der Waals surface area contributed by atoms with Crippen LogP contribution in [0.15, 0.2) is 12.1 Å². The highest BCUT2D eigenvalue weighted by Crippen LogP contribution is 2.15. The first kappa shape index (κ1) is 14.2. The van der Waals surface area contributed by atoms with Gasteiger partial charge in [-0.1, -0.05) is 12.1 Å². The Morgan fingerprint density at radius 2 is 1.65 bits per heavy atom. The first-order valence-electron chi connectivity index (χ1n) is 6.44. The van der Waals surface area contributed by atoms with Crippen molar-refractivity contribution in [3.63, 3.8) is 0 Å². The Bertz CT molecular complexity index is 358. The van der Waals surface area contributed by atoms with Crippen molar-refractivity contribution < 1.29 is 0 Å². The van der Waals surface area contributed by atoms with E-state index in [0.29, 0.717) is 0 Å². The lowest BCUT2D eigenvalue weighted by Gasteiger charge is -2.17. The van der Waals surface area contributed by atoms with Crippen molar-refractivity contribution in [2.45, 2.75) is 27.2 Å². The minimum atomic E-state index is 1.06. The molecule has 1 aromatic rings. The van der Waals surface area contributed by atoms with Crippen LogP contribution >= 0.6 is 0 Å². The number of benzene rings is 1. The first-order valence-corrected chi connectivity index (χ1v) is 6.44. The Morgan fingerprint density at radius 1 is 1.00 bits per heavy atom. The molecular weight excluding hydrogens is 208 g/mol. The molecular formula is C15H26N2. The second-order valence-corrected chi connectivity index (χ2v) is 5.02. The zero-order valence-electron chi connectivity index (χ0n) is 11.9. The van der Waals surface area contributed by atoms with E-state index in [1.165, 1.54) is 22.3 Å². The van der Waals surface area contributed by atoms with Crippen LogP contribution in [0.25, 0.3) is 0 Å². The Labute approximate surface area is 106 Å². The first-order chi connectivity index (χ1) is 8.04. The molecule has 0 unspecified atom stereocenters. The third kappa shape index (κ3) is 4.49. The van der Waals surface area contributed by atoms with Gasteiger partial charge in [0.05, 0.1) is 0 Å². The van der Waals surface area contributed by atoms with Gasteiger partial charge < -0.3 is 10.2 Å². The molecule has 0 spiro atoms. The SMILES string of the molecule is CNCCN(C)CCc1cc(C)c(C)cc1C. The Hall–Kier alpha value is -0.860. The van der Waals surface area contributed by atoms with E-state index < -0.39 is 0 Å². The summed E-state index contributed by atoms with van der Waals surface area (Å²) in [5.41, 5.74) is 5.72. The van der Waals surface area contributed by atoms with Gasteiger partial charge in [-0.2, -0.15) is 0 Å². The van der Waals surface area contributed by atoms with Crippen LogP contribution in [0.2, 0.25) is 0 Å². The maximum atomic E-state index is 3.18. The summed E-state index contributed by atoms with van der Waals surface area (Å²) in [6.07, 6.45) is 1.15. The highest BCUT2D eigenvalue weighted by molar-refractivity contribution is 5.36. The molecule has 0 aliphatic rings. The molecule has 96 valence electrons. The number of rotatable bonds is 6. The van der Waals surface area contributed by atoms with Gasteiger partial charge in [0, 0.05) is 19.6 Å². The van der Waals surface area contributed by atoms with E-state index >= 15 is 0 Å². The van der Waals surface area contributed by atoms with Crippen LogP contribution in [0, 0.1) is 20.8 Å². The smallest absolute Gasteiger partial charge is 0.0104 e. The minimum absolute atomic E-state index is 1.06. The number of hydrogen-bond donors (Lipinski definition) is 1. The molecule has 0 amide bonds. The zero-order chi connectivity index (χ0) is 12.8. The maximum Gasteiger partial charge on any atom is 0.0104 e. The highest BCUT2D eigenvalue weighted by atomic mass is 15.1. The molecule has 0 saturated heterocycles. The van der Waals surface area contributed by atoms with E-state index in [9.17, 15) is 0 Å². The van der Waals surface area contributed by atoms with Crippen LogP contribution in [0.1, 0.15) is 22.3 Å². The van der Waals surface area contributed by atoms with Crippen molar-refractivity contribution in [2.75, 3.05) is 33.7 Å². The summed E-state index contributed by atoms with van der Waals surface area (Å²) in [5, 5.41) is 3.18. The van der Waals surface area contributed by atoms with E-state index in [-0.39, 0.29) is 0 Å². The molecule has 2 heteroatoms. The van der Waals surface area contributed by atoms with E-state index in [4.69, 9.17) is 0 Å². The van der Waals surface area contributed by atoms with Crippen molar-refractivity contribution in [1.82, 2.24) is 10.2 Å². The number of hydrogen-bond acceptors (Lipinski definition) is 2. The van der Waals surface area contributed by atoms with E-state index in [1.807, 2.05) is 7.05 Å². The van der Waals surface area contributed by atoms with Gasteiger partial charge in [-0.3, -0.25) is 0 Å². The normalized spacial score (nSPS) is 11.2. The molecule has 0 heterocycles. The van der Waals surface area contributed by atoms with Crippen LogP contribution in [0.5, 0.6) is 0 Å². The third-order valence-corrected chi connectivity index (χ3v) is 3.46. The molecule has 0 bridgehead atoms. The number of likely N-dealkylation sites (N-methyl/N-ethyl adjacent to an activating group) is 2. The van der Waals surface area contributed by atoms with Gasteiger partial charge in [0.1, 0.15) is 0 Å². The van der Waals surface area contributed by atoms with Crippen LogP contribution < -0.4 is 5.32 Å². The maximum absolute atomic E-state index is 3.18. The minimum Gasteiger partial charge on any atom is -0.318 e. The van der Waals surface area contributed by atoms with Crippen LogP contribution in [0.3, 0.4) is 0 Å². The van der Waals surface area contributed by atoms with Crippen molar-refractivity contribution >= 4 is 0 Å². The summed E-state index contributed by atoms with van der Waals surface area (Å²) in [6.45, 7) is 9.90. The summed E-state index contributed by atoms with van der Waals surface area (Å²) >= 11 is 0. The molecule has 1 rings (SSSR count). The number of nitrogens with zero attached hydrogens (tertiary/aromatic N) is 1. The predicted molar refractivity (Wildman–Crippen MR) is 75.8 cm³/mol. The summed E-state index contributed by atoms with van der Waals surface area (Å²) < 4.78 is 0. The largest absolute Gasteiger partial charge is 0.318 e. The van der Waals surface area contributed by atoms with Crippen molar-refractivity contribution in [3.05, 3.63) is 34.4 Å². The Balaban J connectivity index is 2.54. The Kier molecular flexibility index (Phi) is 5.66. The van der Waals surface area contributed by atoms with Crippen molar-refractivity contribution in [1.29, 1.82) is 0 Å². The highest BCUT2D eigenvalue weighted by Gasteiger charge is 2.04. The van der Waals surface area contributed by atoms with E-state index in [2.05, 4.69) is 50.2 Å². The lowest BCUT2D eigenvalue weighted by molar-refractivity contribution is 0.339. The monoisotopic (exact) mass is 234 g/mol. The van der Waals surface area contributed by atoms with Gasteiger partial charge in [0.15, 0.2) is 0 Å². The molecule has 0 aromatic heterocycles. The molecule has 1 aromatic carbocycles. The molecule has 1 N–H and O–H groups in total. The second-order valence-electron chi connectivity index (χ2n) is 5.02. The average molecular weight is 234 g/mol. The van der Waals surface area contributed by atoms with Gasteiger partial charge in [-0.05, 0) is 63.5 Å². The molecule has 0 radical (unpaired) electrons. The zero-order valence-corrected chi connectivity index (χ0v) is 11.9. The van der Waals surface area contributed by atoms with Gasteiger partial charge >= 0.3 is 0 Å². The summed E-state index contributed by atoms with van der Waals surface area (Å²) in [5.74, 6) is 0. The number of nitrogens with one attached hydrogen (secondary N) is 1. The lowest BCUT2D eigenvalue weighted by Crippen LogP contribution is -2.29. The van der Waals surface area contributed by atoms with Crippen molar-refractivity contribution in [3.8, 4) is 0 Å². The summed E-state index contributed by atoms with van der Waals surface area (Å²) in [4.78, 5) is 2.38. The van der Waals surface area contributed by atoms with Crippen molar-refractivity contribution in [2.24, 2.45) is 0 Å². The molecule has 0 fully saturated rings. The van der Waals surface area contributed by atoms with Gasteiger partial charge in [0.25, 0.3) is 0 Å². The van der Waals surface area contributed by atoms with Gasteiger partial charge in [-0.15, -0.1) is 0 Å².